The van der Waals surface area contributed by atoms with E-state index in [2.05, 4.69) is 15.0 Å². The number of imidazole rings is 1. The Morgan fingerprint density at radius 3 is 2.76 bits per heavy atom. The van der Waals surface area contributed by atoms with Gasteiger partial charge in [0.05, 0.1) is 23.5 Å². The van der Waals surface area contributed by atoms with Crippen molar-refractivity contribution in [1.82, 2.24) is 24.5 Å². The van der Waals surface area contributed by atoms with Gasteiger partial charge in [-0.1, -0.05) is 18.2 Å². The summed E-state index contributed by atoms with van der Waals surface area (Å²) < 4.78 is 1.76. The summed E-state index contributed by atoms with van der Waals surface area (Å²) in [5.41, 5.74) is 3.50. The SMILES string of the molecule is CC(O)C1CCC(n2c(=O)[nH]c3ncc(-c4cccc5ncccc45)nc32)CC1. The minimum atomic E-state index is -0.304. The average molecular weight is 389 g/mol. The lowest BCUT2D eigenvalue weighted by molar-refractivity contribution is 0.0899. The Kier molecular flexibility index (Phi) is 4.39. The number of H-pyrrole nitrogens is 1. The van der Waals surface area contributed by atoms with E-state index in [-0.39, 0.29) is 17.8 Å². The van der Waals surface area contributed by atoms with E-state index < -0.39 is 0 Å². The van der Waals surface area contributed by atoms with Gasteiger partial charge in [-0.15, -0.1) is 0 Å². The van der Waals surface area contributed by atoms with E-state index in [0.29, 0.717) is 17.2 Å². The first-order chi connectivity index (χ1) is 14.1. The summed E-state index contributed by atoms with van der Waals surface area (Å²) >= 11 is 0. The lowest BCUT2D eigenvalue weighted by atomic mass is 9.83. The molecule has 1 atom stereocenters. The van der Waals surface area contributed by atoms with Gasteiger partial charge >= 0.3 is 5.69 Å². The molecule has 1 aliphatic rings. The van der Waals surface area contributed by atoms with Crippen LogP contribution in [-0.2, 0) is 0 Å². The highest BCUT2D eigenvalue weighted by Gasteiger charge is 2.28. The number of aliphatic hydroxyl groups excluding tert-OH is 1. The van der Waals surface area contributed by atoms with Gasteiger partial charge in [0.25, 0.3) is 0 Å². The minimum absolute atomic E-state index is 0.0741. The van der Waals surface area contributed by atoms with Crippen molar-refractivity contribution in [3.8, 4) is 11.3 Å². The van der Waals surface area contributed by atoms with E-state index in [9.17, 15) is 9.90 Å². The third-order valence-corrected chi connectivity index (χ3v) is 6.14. The molecule has 0 spiro atoms. The Morgan fingerprint density at radius 2 is 1.97 bits per heavy atom. The third kappa shape index (κ3) is 3.11. The second kappa shape index (κ2) is 7.08. The van der Waals surface area contributed by atoms with Gasteiger partial charge < -0.3 is 5.11 Å². The molecule has 29 heavy (non-hydrogen) atoms. The van der Waals surface area contributed by atoms with Gasteiger partial charge in [-0.25, -0.2) is 14.8 Å². The molecule has 0 saturated heterocycles. The van der Waals surface area contributed by atoms with Crippen molar-refractivity contribution >= 4 is 22.2 Å². The van der Waals surface area contributed by atoms with E-state index in [1.807, 2.05) is 37.3 Å². The van der Waals surface area contributed by atoms with Crippen LogP contribution < -0.4 is 5.69 Å². The molecule has 2 N–H and O–H groups in total. The van der Waals surface area contributed by atoms with Gasteiger partial charge in [-0.05, 0) is 50.7 Å². The largest absolute Gasteiger partial charge is 0.393 e. The maximum atomic E-state index is 12.7. The highest BCUT2D eigenvalue weighted by Crippen LogP contribution is 2.34. The van der Waals surface area contributed by atoms with Crippen molar-refractivity contribution in [2.45, 2.75) is 44.8 Å². The number of rotatable bonds is 3. The van der Waals surface area contributed by atoms with Crippen molar-refractivity contribution in [3.63, 3.8) is 0 Å². The van der Waals surface area contributed by atoms with E-state index in [4.69, 9.17) is 4.98 Å². The molecule has 7 heteroatoms. The van der Waals surface area contributed by atoms with Crippen LogP contribution in [-0.4, -0.2) is 35.7 Å². The third-order valence-electron chi connectivity index (χ3n) is 6.14. The predicted octanol–water partition coefficient (Wildman–Crippen LogP) is 3.45. The van der Waals surface area contributed by atoms with Gasteiger partial charge in [0.2, 0.25) is 0 Å². The second-order valence-electron chi connectivity index (χ2n) is 7.91. The minimum Gasteiger partial charge on any atom is -0.393 e. The van der Waals surface area contributed by atoms with Crippen LogP contribution in [0.5, 0.6) is 0 Å². The topological polar surface area (TPSA) is 96.7 Å². The maximum Gasteiger partial charge on any atom is 0.329 e. The highest BCUT2D eigenvalue weighted by atomic mass is 16.3. The van der Waals surface area contributed by atoms with Crippen molar-refractivity contribution < 1.29 is 5.11 Å². The molecule has 3 heterocycles. The molecule has 0 bridgehead atoms. The summed E-state index contributed by atoms with van der Waals surface area (Å²) in [5.74, 6) is 0.303. The number of benzene rings is 1. The molecule has 7 nitrogen and oxygen atoms in total. The Hall–Kier alpha value is -3.06. The number of aliphatic hydroxyl groups is 1. The van der Waals surface area contributed by atoms with Crippen LogP contribution >= 0.6 is 0 Å². The van der Waals surface area contributed by atoms with Crippen molar-refractivity contribution in [2.75, 3.05) is 0 Å². The number of aromatic amines is 1. The molecule has 148 valence electrons. The van der Waals surface area contributed by atoms with E-state index >= 15 is 0 Å². The van der Waals surface area contributed by atoms with Crippen LogP contribution in [0.15, 0.2) is 47.5 Å². The molecular formula is C22H23N5O2. The Balaban J connectivity index is 1.59. The molecule has 0 aliphatic heterocycles. The molecule has 1 aliphatic carbocycles. The predicted molar refractivity (Wildman–Crippen MR) is 112 cm³/mol. The monoisotopic (exact) mass is 389 g/mol. The number of fused-ring (bicyclic) bond motifs is 2. The van der Waals surface area contributed by atoms with Gasteiger partial charge in [-0.3, -0.25) is 14.5 Å². The maximum absolute atomic E-state index is 12.7. The van der Waals surface area contributed by atoms with Crippen LogP contribution in [0.2, 0.25) is 0 Å². The first-order valence-electron chi connectivity index (χ1n) is 10.1. The molecular weight excluding hydrogens is 366 g/mol. The first kappa shape index (κ1) is 18.0. The number of hydrogen-bond acceptors (Lipinski definition) is 5. The number of aromatic nitrogens is 5. The van der Waals surface area contributed by atoms with Crippen LogP contribution in [0, 0.1) is 5.92 Å². The Bertz CT molecular complexity index is 1230. The summed E-state index contributed by atoms with van der Waals surface area (Å²) in [6.45, 7) is 1.85. The molecule has 0 radical (unpaired) electrons. The molecule has 4 aromatic rings. The summed E-state index contributed by atoms with van der Waals surface area (Å²) in [6.07, 6.45) is 6.69. The molecule has 1 aromatic carbocycles. The van der Waals surface area contributed by atoms with E-state index in [0.717, 1.165) is 47.8 Å². The zero-order chi connectivity index (χ0) is 20.0. The first-order valence-corrected chi connectivity index (χ1v) is 10.1. The van der Waals surface area contributed by atoms with Crippen molar-refractivity contribution in [2.24, 2.45) is 5.92 Å². The highest BCUT2D eigenvalue weighted by molar-refractivity contribution is 5.93. The van der Waals surface area contributed by atoms with Crippen molar-refractivity contribution in [3.05, 3.63) is 53.2 Å². The van der Waals surface area contributed by atoms with Gasteiger partial charge in [-0.2, -0.15) is 0 Å². The standard InChI is InChI=1S/C22H23N5O2/c1-13(28)14-7-9-15(10-8-14)27-21-20(26-22(27)29)24-12-19(25-21)17-4-2-6-18-16(17)5-3-11-23-18/h2-6,11-15,28H,7-10H2,1H3,(H,24,26,29). The van der Waals surface area contributed by atoms with E-state index in [1.54, 1.807) is 17.0 Å². The zero-order valence-corrected chi connectivity index (χ0v) is 16.2. The van der Waals surface area contributed by atoms with Crippen LogP contribution in [0.1, 0.15) is 38.6 Å². The summed E-state index contributed by atoms with van der Waals surface area (Å²) in [5, 5.41) is 10.9. The summed E-state index contributed by atoms with van der Waals surface area (Å²) in [7, 11) is 0. The lowest BCUT2D eigenvalue weighted by Gasteiger charge is -2.30. The summed E-state index contributed by atoms with van der Waals surface area (Å²) in [6, 6.07) is 9.93. The molecule has 0 amide bonds. The van der Waals surface area contributed by atoms with Gasteiger partial charge in [0.15, 0.2) is 11.3 Å². The van der Waals surface area contributed by atoms with Crippen molar-refractivity contribution in [1.29, 1.82) is 0 Å². The van der Waals surface area contributed by atoms with Crippen LogP contribution in [0.25, 0.3) is 33.5 Å². The Morgan fingerprint density at radius 1 is 1.14 bits per heavy atom. The molecule has 1 unspecified atom stereocenters. The fourth-order valence-electron chi connectivity index (χ4n) is 4.53. The molecule has 3 aromatic heterocycles. The number of nitrogens with zero attached hydrogens (tertiary/aromatic N) is 4. The molecule has 1 fully saturated rings. The number of hydrogen-bond donors (Lipinski definition) is 2. The fourth-order valence-corrected chi connectivity index (χ4v) is 4.53. The van der Waals surface area contributed by atoms with E-state index in [1.165, 1.54) is 0 Å². The second-order valence-corrected chi connectivity index (χ2v) is 7.91. The normalized spacial score (nSPS) is 20.9. The number of pyridine rings is 1. The fraction of sp³-hybridized carbons (Fsp3) is 0.364. The van der Waals surface area contributed by atoms with Crippen LogP contribution in [0.4, 0.5) is 0 Å². The van der Waals surface area contributed by atoms with Crippen LogP contribution in [0.3, 0.4) is 0 Å². The summed E-state index contributed by atoms with van der Waals surface area (Å²) in [4.78, 5) is 29.3. The molecule has 1 saturated carbocycles. The Labute approximate surface area is 167 Å². The van der Waals surface area contributed by atoms with Gasteiger partial charge in [0.1, 0.15) is 0 Å². The van der Waals surface area contributed by atoms with Gasteiger partial charge in [0, 0.05) is 23.2 Å². The zero-order valence-electron chi connectivity index (χ0n) is 16.2. The smallest absolute Gasteiger partial charge is 0.329 e. The quantitative estimate of drug-likeness (QED) is 0.559. The number of nitrogens with one attached hydrogen (secondary N) is 1. The molecule has 5 rings (SSSR count). The lowest BCUT2D eigenvalue weighted by Crippen LogP contribution is -2.29. The average Bonchev–Trinajstić information content (AvgIpc) is 3.08.